The molecule has 2 rings (SSSR count). The fourth-order valence-electron chi connectivity index (χ4n) is 1.68. The van der Waals surface area contributed by atoms with Gasteiger partial charge in [-0.05, 0) is 37.1 Å². The molecule has 0 unspecified atom stereocenters. The van der Waals surface area contributed by atoms with Gasteiger partial charge in [0.25, 0.3) is 0 Å². The first kappa shape index (κ1) is 9.78. The Labute approximate surface area is 90.0 Å². The molecule has 0 aromatic heterocycles. The Bertz CT molecular complexity index is 449. The van der Waals surface area contributed by atoms with Gasteiger partial charge in [-0.2, -0.15) is 0 Å². The summed E-state index contributed by atoms with van der Waals surface area (Å²) in [5.74, 6) is 0.315. The van der Waals surface area contributed by atoms with Crippen LogP contribution in [0.4, 0.5) is 0 Å². The molecule has 1 N–H and O–H groups in total. The molecule has 0 atom stereocenters. The van der Waals surface area contributed by atoms with Crippen LogP contribution in [0.2, 0.25) is 0 Å². The van der Waals surface area contributed by atoms with Crippen molar-refractivity contribution in [2.45, 2.75) is 13.8 Å². The molecule has 0 bridgehead atoms. The Kier molecular flexibility index (Phi) is 2.46. The highest BCUT2D eigenvalue weighted by molar-refractivity contribution is 5.73. The monoisotopic (exact) mass is 197 g/mol. The third-order valence-electron chi connectivity index (χ3n) is 2.51. The summed E-state index contributed by atoms with van der Waals surface area (Å²) in [4.78, 5) is 0. The predicted octanol–water partition coefficient (Wildman–Crippen LogP) is 3.48. The van der Waals surface area contributed by atoms with Crippen molar-refractivity contribution in [2.24, 2.45) is 0 Å². The van der Waals surface area contributed by atoms with E-state index in [1.54, 1.807) is 12.1 Å². The molecule has 0 spiro atoms. The first-order valence-corrected chi connectivity index (χ1v) is 4.96. The predicted molar refractivity (Wildman–Crippen MR) is 61.9 cm³/mol. The zero-order valence-electron chi connectivity index (χ0n) is 8.91. The molecule has 0 saturated heterocycles. The Morgan fingerprint density at radius 2 is 1.67 bits per heavy atom. The van der Waals surface area contributed by atoms with Crippen molar-refractivity contribution in [3.05, 3.63) is 53.6 Å². The highest BCUT2D eigenvalue weighted by Gasteiger charge is 2.06. The minimum absolute atomic E-state index is 0.315. The summed E-state index contributed by atoms with van der Waals surface area (Å²) in [6, 6.07) is 14.6. The highest BCUT2D eigenvalue weighted by atomic mass is 16.3. The molecule has 2 aromatic carbocycles. The lowest BCUT2D eigenvalue weighted by Crippen LogP contribution is -1.84. The van der Waals surface area contributed by atoms with E-state index in [2.05, 4.69) is 6.07 Å². The van der Waals surface area contributed by atoms with E-state index in [0.29, 0.717) is 5.75 Å². The average Bonchev–Trinajstić information content (AvgIpc) is 2.20. The summed E-state index contributed by atoms with van der Waals surface area (Å²) in [7, 11) is 0. The van der Waals surface area contributed by atoms with Crippen molar-refractivity contribution in [1.82, 2.24) is 0 Å². The van der Waals surface area contributed by atoms with Crippen LogP contribution in [0.5, 0.6) is 5.75 Å². The second-order valence-electron chi connectivity index (χ2n) is 3.73. The molecule has 0 aliphatic rings. The van der Waals surface area contributed by atoms with Gasteiger partial charge >= 0.3 is 0 Å². The summed E-state index contributed by atoms with van der Waals surface area (Å²) < 4.78 is 0. The number of benzene rings is 2. The number of hydrogen-bond donors (Lipinski definition) is 1. The molecule has 2 aromatic rings. The molecule has 0 amide bonds. The van der Waals surface area contributed by atoms with E-state index in [-0.39, 0.29) is 0 Å². The summed E-state index contributed by atoms with van der Waals surface area (Å²) in [6.07, 6.45) is 0. The van der Waals surface area contributed by atoms with E-state index in [9.17, 15) is 5.11 Å². The van der Waals surface area contributed by atoms with Crippen molar-refractivity contribution in [3.8, 4) is 16.9 Å². The minimum Gasteiger partial charge on any atom is -0.507 e. The smallest absolute Gasteiger partial charge is 0.123 e. The highest BCUT2D eigenvalue weighted by Crippen LogP contribution is 2.31. The summed E-state index contributed by atoms with van der Waals surface area (Å²) in [5, 5.41) is 9.79. The van der Waals surface area contributed by atoms with E-state index in [0.717, 1.165) is 16.7 Å². The fourth-order valence-corrected chi connectivity index (χ4v) is 1.68. The third kappa shape index (κ3) is 1.86. The third-order valence-corrected chi connectivity index (χ3v) is 2.51. The average molecular weight is 197 g/mol. The number of hydrogen-bond acceptors (Lipinski definition) is 1. The summed E-state index contributed by atoms with van der Waals surface area (Å²) >= 11 is 0. The zero-order chi connectivity index (χ0) is 10.8. The van der Waals surface area contributed by atoms with Gasteiger partial charge in [0.05, 0.1) is 0 Å². The van der Waals surface area contributed by atoms with Gasteiger partial charge in [-0.25, -0.2) is 0 Å². The second kappa shape index (κ2) is 3.77. The van der Waals surface area contributed by atoms with E-state index in [1.807, 2.05) is 38.1 Å². The van der Waals surface area contributed by atoms with Crippen molar-refractivity contribution in [1.29, 1.82) is 0 Å². The van der Waals surface area contributed by atoms with Crippen LogP contribution in [0.15, 0.2) is 36.4 Å². The van der Waals surface area contributed by atoms with Gasteiger partial charge in [-0.1, -0.05) is 35.9 Å². The maximum atomic E-state index is 9.79. The van der Waals surface area contributed by atoms with E-state index >= 15 is 0 Å². The Morgan fingerprint density at radius 3 is 2.27 bits per heavy atom. The van der Waals surface area contributed by atoms with Gasteiger partial charge in [-0.3, -0.25) is 0 Å². The fraction of sp³-hybridized carbons (Fsp3) is 0.143. The maximum Gasteiger partial charge on any atom is 0.123 e. The zero-order valence-corrected chi connectivity index (χ0v) is 8.91. The lowest BCUT2D eigenvalue weighted by atomic mass is 9.99. The van der Waals surface area contributed by atoms with E-state index < -0.39 is 0 Å². The first-order valence-electron chi connectivity index (χ1n) is 4.96. The van der Waals surface area contributed by atoms with Crippen LogP contribution < -0.4 is 0 Å². The van der Waals surface area contributed by atoms with E-state index in [4.69, 9.17) is 0 Å². The summed E-state index contributed by atoms with van der Waals surface area (Å²) in [5.41, 5.74) is 4.10. The number of rotatable bonds is 1. The van der Waals surface area contributed by atoms with Crippen LogP contribution in [0.25, 0.3) is 11.1 Å². The van der Waals surface area contributed by atoms with Crippen molar-refractivity contribution < 1.29 is 5.11 Å². The molecule has 1 radical (unpaired) electrons. The molecule has 15 heavy (non-hydrogen) atoms. The Morgan fingerprint density at radius 1 is 1.00 bits per heavy atom. The molecule has 1 heteroatoms. The molecular formula is C14H13O. The molecule has 75 valence electrons. The molecule has 1 nitrogen and oxygen atoms in total. The standard InChI is InChI=1S/C14H13O/c1-10-6-8-12(9-7-10)14-11(2)4-3-5-13(14)15/h3,5-9,15H,1-2H3. The molecule has 0 saturated carbocycles. The van der Waals surface area contributed by atoms with Crippen LogP contribution in [0.3, 0.4) is 0 Å². The molecule has 0 heterocycles. The number of phenols is 1. The second-order valence-corrected chi connectivity index (χ2v) is 3.73. The van der Waals surface area contributed by atoms with Gasteiger partial charge in [0.1, 0.15) is 5.75 Å². The number of phenolic OH excluding ortho intramolecular Hbond substituents is 1. The normalized spacial score (nSPS) is 10.3. The quantitative estimate of drug-likeness (QED) is 0.742. The molecular weight excluding hydrogens is 184 g/mol. The largest absolute Gasteiger partial charge is 0.507 e. The van der Waals surface area contributed by atoms with Gasteiger partial charge in [0.15, 0.2) is 0 Å². The lowest BCUT2D eigenvalue weighted by Gasteiger charge is -2.08. The van der Waals surface area contributed by atoms with Crippen molar-refractivity contribution in [3.63, 3.8) is 0 Å². The van der Waals surface area contributed by atoms with Crippen molar-refractivity contribution >= 4 is 0 Å². The SMILES string of the molecule is Cc1ccc(-c2c(C)[c]ccc2O)cc1. The van der Waals surface area contributed by atoms with Crippen molar-refractivity contribution in [2.75, 3.05) is 0 Å². The summed E-state index contributed by atoms with van der Waals surface area (Å²) in [6.45, 7) is 4.00. The van der Waals surface area contributed by atoms with E-state index in [1.165, 1.54) is 5.56 Å². The Hall–Kier alpha value is -1.76. The van der Waals surface area contributed by atoms with Crippen LogP contribution >= 0.6 is 0 Å². The Balaban J connectivity index is 2.58. The lowest BCUT2D eigenvalue weighted by molar-refractivity contribution is 0.477. The maximum absolute atomic E-state index is 9.79. The first-order chi connectivity index (χ1) is 7.18. The van der Waals surface area contributed by atoms with Gasteiger partial charge in [0.2, 0.25) is 0 Å². The van der Waals surface area contributed by atoms with Gasteiger partial charge in [0, 0.05) is 5.56 Å². The van der Waals surface area contributed by atoms with Gasteiger partial charge < -0.3 is 5.11 Å². The van der Waals surface area contributed by atoms with Gasteiger partial charge in [-0.15, -0.1) is 0 Å². The number of aryl methyl sites for hydroxylation is 2. The number of aromatic hydroxyl groups is 1. The minimum atomic E-state index is 0.315. The topological polar surface area (TPSA) is 20.2 Å². The van der Waals surface area contributed by atoms with Crippen LogP contribution in [-0.4, -0.2) is 5.11 Å². The molecule has 0 aliphatic heterocycles. The van der Waals surface area contributed by atoms with Crippen LogP contribution in [-0.2, 0) is 0 Å². The molecule has 0 aliphatic carbocycles. The molecule has 0 fully saturated rings. The van der Waals surface area contributed by atoms with Crippen LogP contribution in [0.1, 0.15) is 11.1 Å². The van der Waals surface area contributed by atoms with Crippen LogP contribution in [0, 0.1) is 19.9 Å².